The number of carbonyl (C=O) groups excluding carboxylic acids is 1. The molecule has 7 nitrogen and oxygen atoms in total. The molecule has 0 bridgehead atoms. The van der Waals surface area contributed by atoms with E-state index in [-0.39, 0.29) is 34.2 Å². The van der Waals surface area contributed by atoms with Gasteiger partial charge < -0.3 is 14.8 Å². The van der Waals surface area contributed by atoms with Crippen LogP contribution in [0.3, 0.4) is 0 Å². The maximum atomic E-state index is 12.6. The van der Waals surface area contributed by atoms with Crippen LogP contribution in [-0.4, -0.2) is 28.0 Å². The van der Waals surface area contributed by atoms with Gasteiger partial charge in [-0.05, 0) is 43.3 Å². The van der Waals surface area contributed by atoms with Crippen molar-refractivity contribution >= 4 is 33.2 Å². The highest BCUT2D eigenvalue weighted by atomic mass is 35.5. The van der Waals surface area contributed by atoms with Crippen molar-refractivity contribution in [2.75, 3.05) is 18.4 Å². The van der Waals surface area contributed by atoms with Crippen LogP contribution in [0.25, 0.3) is 0 Å². The second-order valence-corrected chi connectivity index (χ2v) is 8.97. The second kappa shape index (κ2) is 10.4. The van der Waals surface area contributed by atoms with Crippen molar-refractivity contribution in [3.05, 3.63) is 83.4 Å². The number of anilines is 1. The van der Waals surface area contributed by atoms with Gasteiger partial charge in [-0.25, -0.2) is 8.42 Å². The predicted molar refractivity (Wildman–Crippen MR) is 124 cm³/mol. The van der Waals surface area contributed by atoms with Gasteiger partial charge in [-0.1, -0.05) is 48.0 Å². The molecule has 1 atom stereocenters. The summed E-state index contributed by atoms with van der Waals surface area (Å²) < 4.78 is 38.4. The molecule has 3 rings (SSSR count). The lowest BCUT2D eigenvalue weighted by molar-refractivity contribution is -0.123. The van der Waals surface area contributed by atoms with Gasteiger partial charge in [0.25, 0.3) is 15.9 Å². The molecule has 0 aliphatic carbocycles. The number of sulfonamides is 1. The van der Waals surface area contributed by atoms with Gasteiger partial charge in [0, 0.05) is 11.3 Å². The number of carbonyl (C=O) groups is 1. The molecule has 9 heteroatoms. The Hall–Kier alpha value is -3.23. The highest BCUT2D eigenvalue weighted by Crippen LogP contribution is 2.28. The van der Waals surface area contributed by atoms with Crippen molar-refractivity contribution in [1.29, 1.82) is 0 Å². The molecular weight excluding hydrogens is 452 g/mol. The zero-order valence-corrected chi connectivity index (χ0v) is 19.1. The summed E-state index contributed by atoms with van der Waals surface area (Å²) in [5, 5.41) is 2.91. The average Bonchev–Trinajstić information content (AvgIpc) is 2.78. The van der Waals surface area contributed by atoms with Gasteiger partial charge in [0.1, 0.15) is 11.5 Å². The Labute approximate surface area is 192 Å². The van der Waals surface area contributed by atoms with Gasteiger partial charge in [0.15, 0.2) is 6.61 Å². The van der Waals surface area contributed by atoms with Gasteiger partial charge in [-0.2, -0.15) is 0 Å². The Morgan fingerprint density at radius 2 is 1.69 bits per heavy atom. The van der Waals surface area contributed by atoms with E-state index in [1.165, 1.54) is 18.2 Å². The van der Waals surface area contributed by atoms with Crippen molar-refractivity contribution in [1.82, 2.24) is 5.32 Å². The Bertz CT molecular complexity index is 1190. The topological polar surface area (TPSA) is 93.7 Å². The van der Waals surface area contributed by atoms with E-state index >= 15 is 0 Å². The Balaban J connectivity index is 1.61. The normalized spacial score (nSPS) is 12.0. The first-order valence-corrected chi connectivity index (χ1v) is 11.6. The summed E-state index contributed by atoms with van der Waals surface area (Å²) in [5.74, 6) is 0.512. The molecule has 3 aromatic rings. The van der Waals surface area contributed by atoms with Crippen LogP contribution >= 0.6 is 11.6 Å². The number of benzene rings is 3. The van der Waals surface area contributed by atoms with Crippen molar-refractivity contribution in [3.8, 4) is 11.5 Å². The minimum absolute atomic E-state index is 0.0204. The van der Waals surface area contributed by atoms with E-state index in [0.717, 1.165) is 5.56 Å². The van der Waals surface area contributed by atoms with Crippen molar-refractivity contribution in [2.45, 2.75) is 17.9 Å². The summed E-state index contributed by atoms with van der Waals surface area (Å²) in [7, 11) is -2.25. The van der Waals surface area contributed by atoms with Crippen LogP contribution in [0.15, 0.2) is 77.7 Å². The molecule has 0 aliphatic heterocycles. The molecule has 1 amide bonds. The average molecular weight is 475 g/mol. The molecule has 3 aromatic carbocycles. The van der Waals surface area contributed by atoms with Gasteiger partial charge in [-0.3, -0.25) is 9.52 Å². The summed E-state index contributed by atoms with van der Waals surface area (Å²) in [6.45, 7) is 1.55. The maximum absolute atomic E-state index is 12.6. The van der Waals surface area contributed by atoms with Crippen LogP contribution in [0, 0.1) is 0 Å². The lowest BCUT2D eigenvalue weighted by Gasteiger charge is -2.17. The zero-order chi connectivity index (χ0) is 23.1. The van der Waals surface area contributed by atoms with Crippen LogP contribution in [0.5, 0.6) is 11.5 Å². The fourth-order valence-corrected chi connectivity index (χ4v) is 4.40. The molecule has 32 heavy (non-hydrogen) atoms. The second-order valence-electron chi connectivity index (χ2n) is 6.88. The van der Waals surface area contributed by atoms with Crippen molar-refractivity contribution in [2.24, 2.45) is 0 Å². The van der Waals surface area contributed by atoms with Crippen LogP contribution in [0.4, 0.5) is 5.69 Å². The molecule has 0 saturated carbocycles. The van der Waals surface area contributed by atoms with E-state index in [9.17, 15) is 13.2 Å². The summed E-state index contributed by atoms with van der Waals surface area (Å²) in [6.07, 6.45) is 0. The number of rotatable bonds is 9. The van der Waals surface area contributed by atoms with E-state index in [2.05, 4.69) is 10.0 Å². The monoisotopic (exact) mass is 474 g/mol. The van der Waals surface area contributed by atoms with Crippen molar-refractivity contribution in [3.63, 3.8) is 0 Å². The van der Waals surface area contributed by atoms with Crippen LogP contribution in [-0.2, 0) is 14.8 Å². The van der Waals surface area contributed by atoms with Gasteiger partial charge in [0.05, 0.1) is 23.1 Å². The van der Waals surface area contributed by atoms with Crippen LogP contribution in [0.1, 0.15) is 18.5 Å². The highest BCUT2D eigenvalue weighted by molar-refractivity contribution is 7.92. The first kappa shape index (κ1) is 23.4. The molecule has 0 fully saturated rings. The Morgan fingerprint density at radius 1 is 1.00 bits per heavy atom. The molecule has 2 N–H and O–H groups in total. The van der Waals surface area contributed by atoms with Crippen LogP contribution < -0.4 is 19.5 Å². The van der Waals surface area contributed by atoms with Crippen LogP contribution in [0.2, 0.25) is 5.02 Å². The smallest absolute Gasteiger partial charge is 0.261 e. The minimum atomic E-state index is -3.82. The summed E-state index contributed by atoms with van der Waals surface area (Å²) in [4.78, 5) is 12.3. The fourth-order valence-electron chi connectivity index (χ4n) is 3.01. The number of para-hydroxylation sites is 2. The first-order valence-electron chi connectivity index (χ1n) is 9.72. The number of amides is 1. The number of hydrogen-bond acceptors (Lipinski definition) is 5. The molecule has 0 unspecified atom stereocenters. The standard InChI is InChI=1S/C23H23ClN2O5S/c1-16(19-10-6-7-11-21(19)30-2)25-23(27)15-31-22-13-12-18(14-20(22)24)32(28,29)26-17-8-4-3-5-9-17/h3-14,16,26H,15H2,1-2H3,(H,25,27)/t16-/m0/s1. The van der Waals surface area contributed by atoms with Gasteiger partial charge in [0.2, 0.25) is 0 Å². The van der Waals surface area contributed by atoms with E-state index in [0.29, 0.717) is 11.4 Å². The van der Waals surface area contributed by atoms with E-state index in [1.54, 1.807) is 37.4 Å². The van der Waals surface area contributed by atoms with E-state index in [4.69, 9.17) is 21.1 Å². The third kappa shape index (κ3) is 5.93. The molecule has 0 aromatic heterocycles. The first-order chi connectivity index (χ1) is 15.3. The molecular formula is C23H23ClN2O5S. The maximum Gasteiger partial charge on any atom is 0.261 e. The molecule has 0 saturated heterocycles. The lowest BCUT2D eigenvalue weighted by atomic mass is 10.1. The predicted octanol–water partition coefficient (Wildman–Crippen LogP) is 4.41. The molecule has 0 heterocycles. The largest absolute Gasteiger partial charge is 0.496 e. The number of nitrogens with one attached hydrogen (secondary N) is 2. The molecule has 0 radical (unpaired) electrons. The highest BCUT2D eigenvalue weighted by Gasteiger charge is 2.18. The SMILES string of the molecule is COc1ccccc1[C@H](C)NC(=O)COc1ccc(S(=O)(=O)Nc2ccccc2)cc1Cl. The van der Waals surface area contributed by atoms with E-state index < -0.39 is 10.0 Å². The van der Waals surface area contributed by atoms with Gasteiger partial charge in [-0.15, -0.1) is 0 Å². The lowest BCUT2D eigenvalue weighted by Crippen LogP contribution is -2.31. The molecule has 168 valence electrons. The number of hydrogen-bond donors (Lipinski definition) is 2. The quantitative estimate of drug-likeness (QED) is 0.479. The summed E-state index contributed by atoms with van der Waals surface area (Å²) >= 11 is 6.20. The third-order valence-corrected chi connectivity index (χ3v) is 6.26. The number of halogens is 1. The fraction of sp³-hybridized carbons (Fsp3) is 0.174. The zero-order valence-electron chi connectivity index (χ0n) is 17.5. The number of methoxy groups -OCH3 is 1. The van der Waals surface area contributed by atoms with E-state index in [1.807, 2.05) is 31.2 Å². The molecule has 0 spiro atoms. The number of ether oxygens (including phenoxy) is 2. The Morgan fingerprint density at radius 3 is 2.38 bits per heavy atom. The molecule has 0 aliphatic rings. The minimum Gasteiger partial charge on any atom is -0.496 e. The Kier molecular flexibility index (Phi) is 7.61. The van der Waals surface area contributed by atoms with Crippen molar-refractivity contribution < 1.29 is 22.7 Å². The third-order valence-electron chi connectivity index (χ3n) is 4.58. The summed E-state index contributed by atoms with van der Waals surface area (Å²) in [6, 6.07) is 19.7. The van der Waals surface area contributed by atoms with Gasteiger partial charge >= 0.3 is 0 Å². The summed E-state index contributed by atoms with van der Waals surface area (Å²) in [5.41, 5.74) is 1.27.